The summed E-state index contributed by atoms with van der Waals surface area (Å²) in [5, 5.41) is 7.13. The minimum atomic E-state index is 0. The molecule has 0 saturated carbocycles. The minimum Gasteiger partial charge on any atom is -0.355 e. The first-order valence-electron chi connectivity index (χ1n) is 9.50. The highest BCUT2D eigenvalue weighted by atomic mass is 127. The SMILES string of the molecule is CCC(C)NC(=NC)NCC1(N2CCCCC2)CCN(C)CC1.I. The molecule has 2 rings (SSSR count). The molecule has 24 heavy (non-hydrogen) atoms. The summed E-state index contributed by atoms with van der Waals surface area (Å²) in [6.45, 7) is 10.4. The number of likely N-dealkylation sites (tertiary alicyclic amines) is 2. The highest BCUT2D eigenvalue weighted by Gasteiger charge is 2.39. The summed E-state index contributed by atoms with van der Waals surface area (Å²) in [6, 6.07) is 0.463. The molecule has 2 aliphatic heterocycles. The van der Waals surface area contributed by atoms with Gasteiger partial charge in [0, 0.05) is 25.2 Å². The van der Waals surface area contributed by atoms with Crippen molar-refractivity contribution < 1.29 is 0 Å². The lowest BCUT2D eigenvalue weighted by molar-refractivity contribution is 0.0173. The second kappa shape index (κ2) is 10.8. The summed E-state index contributed by atoms with van der Waals surface area (Å²) in [5.74, 6) is 0.953. The number of hydrogen-bond acceptors (Lipinski definition) is 3. The second-order valence-corrected chi connectivity index (χ2v) is 7.45. The molecule has 2 aliphatic rings. The Balaban J connectivity index is 0.00000288. The Morgan fingerprint density at radius 3 is 2.29 bits per heavy atom. The molecular weight excluding hydrogens is 413 g/mol. The van der Waals surface area contributed by atoms with Gasteiger partial charge in [0.15, 0.2) is 5.96 Å². The molecule has 0 aromatic carbocycles. The number of rotatable bonds is 5. The van der Waals surface area contributed by atoms with Crippen LogP contribution in [0.5, 0.6) is 0 Å². The van der Waals surface area contributed by atoms with Crippen LogP contribution in [0.25, 0.3) is 0 Å². The lowest BCUT2D eigenvalue weighted by atomic mass is 9.84. The average Bonchev–Trinajstić information content (AvgIpc) is 2.60. The van der Waals surface area contributed by atoms with Crippen LogP contribution in [-0.2, 0) is 0 Å². The zero-order valence-corrected chi connectivity index (χ0v) is 18.4. The molecule has 0 aromatic rings. The van der Waals surface area contributed by atoms with Gasteiger partial charge in [0.25, 0.3) is 0 Å². The van der Waals surface area contributed by atoms with Crippen molar-refractivity contribution in [1.29, 1.82) is 0 Å². The highest BCUT2D eigenvalue weighted by molar-refractivity contribution is 14.0. The zero-order chi connectivity index (χ0) is 16.7. The van der Waals surface area contributed by atoms with Gasteiger partial charge in [-0.2, -0.15) is 0 Å². The van der Waals surface area contributed by atoms with E-state index in [0.717, 1.165) is 18.9 Å². The van der Waals surface area contributed by atoms with Crippen LogP contribution in [0.3, 0.4) is 0 Å². The lowest BCUT2D eigenvalue weighted by Crippen LogP contribution is -2.62. The number of guanidine groups is 1. The average molecular weight is 451 g/mol. The van der Waals surface area contributed by atoms with Gasteiger partial charge in [-0.3, -0.25) is 9.89 Å². The molecule has 1 unspecified atom stereocenters. The van der Waals surface area contributed by atoms with Gasteiger partial charge in [-0.05, 0) is 72.3 Å². The number of hydrogen-bond donors (Lipinski definition) is 2. The summed E-state index contributed by atoms with van der Waals surface area (Å²) < 4.78 is 0. The highest BCUT2D eigenvalue weighted by Crippen LogP contribution is 2.30. The predicted molar refractivity (Wildman–Crippen MR) is 115 cm³/mol. The van der Waals surface area contributed by atoms with Crippen molar-refractivity contribution in [2.24, 2.45) is 4.99 Å². The van der Waals surface area contributed by atoms with Crippen LogP contribution in [0.4, 0.5) is 0 Å². The van der Waals surface area contributed by atoms with Gasteiger partial charge in [0.05, 0.1) is 0 Å². The molecular formula is C18H38IN5. The van der Waals surface area contributed by atoms with Gasteiger partial charge < -0.3 is 15.5 Å². The van der Waals surface area contributed by atoms with Crippen molar-refractivity contribution in [3.8, 4) is 0 Å². The predicted octanol–water partition coefficient (Wildman–Crippen LogP) is 2.52. The Bertz CT molecular complexity index is 374. The topological polar surface area (TPSA) is 42.9 Å². The Kier molecular flexibility index (Phi) is 9.89. The molecule has 2 N–H and O–H groups in total. The third-order valence-electron chi connectivity index (χ3n) is 5.75. The van der Waals surface area contributed by atoms with Crippen molar-refractivity contribution in [2.75, 3.05) is 46.8 Å². The van der Waals surface area contributed by atoms with E-state index in [1.54, 1.807) is 0 Å². The number of halogens is 1. The maximum Gasteiger partial charge on any atom is 0.191 e. The molecule has 2 fully saturated rings. The van der Waals surface area contributed by atoms with E-state index in [4.69, 9.17) is 0 Å². The molecule has 2 saturated heterocycles. The van der Waals surface area contributed by atoms with E-state index in [-0.39, 0.29) is 24.0 Å². The first-order valence-corrected chi connectivity index (χ1v) is 9.50. The van der Waals surface area contributed by atoms with Gasteiger partial charge in [-0.15, -0.1) is 24.0 Å². The molecule has 1 atom stereocenters. The second-order valence-electron chi connectivity index (χ2n) is 7.45. The van der Waals surface area contributed by atoms with Gasteiger partial charge in [-0.25, -0.2) is 0 Å². The number of nitrogens with one attached hydrogen (secondary N) is 2. The number of aliphatic imine (C=N–C) groups is 1. The fourth-order valence-electron chi connectivity index (χ4n) is 3.79. The maximum atomic E-state index is 4.42. The Labute approximate surface area is 166 Å². The van der Waals surface area contributed by atoms with Crippen LogP contribution in [0.15, 0.2) is 4.99 Å². The van der Waals surface area contributed by atoms with Crippen LogP contribution < -0.4 is 10.6 Å². The molecule has 0 radical (unpaired) electrons. The monoisotopic (exact) mass is 451 g/mol. The van der Waals surface area contributed by atoms with Crippen LogP contribution in [0, 0.1) is 0 Å². The third-order valence-corrected chi connectivity index (χ3v) is 5.75. The largest absolute Gasteiger partial charge is 0.355 e. The Morgan fingerprint density at radius 2 is 1.75 bits per heavy atom. The molecule has 0 spiro atoms. The summed E-state index contributed by atoms with van der Waals surface area (Å²) in [4.78, 5) is 9.65. The molecule has 0 aromatic heterocycles. The summed E-state index contributed by atoms with van der Waals surface area (Å²) in [7, 11) is 4.12. The van der Waals surface area contributed by atoms with Gasteiger partial charge >= 0.3 is 0 Å². The summed E-state index contributed by atoms with van der Waals surface area (Å²) in [5.41, 5.74) is 0.306. The maximum absolute atomic E-state index is 4.42. The van der Waals surface area contributed by atoms with Gasteiger partial charge in [0.1, 0.15) is 0 Å². The quantitative estimate of drug-likeness (QED) is 0.383. The Morgan fingerprint density at radius 1 is 1.12 bits per heavy atom. The van der Waals surface area contributed by atoms with Gasteiger partial charge in [-0.1, -0.05) is 13.3 Å². The van der Waals surface area contributed by atoms with Gasteiger partial charge in [0.2, 0.25) is 0 Å². The smallest absolute Gasteiger partial charge is 0.191 e. The fraction of sp³-hybridized carbons (Fsp3) is 0.944. The van der Waals surface area contributed by atoms with E-state index in [0.29, 0.717) is 11.6 Å². The molecule has 0 aliphatic carbocycles. The standard InChI is InChI=1S/C18H37N5.HI/c1-5-16(2)21-17(19-3)20-15-18(9-13-22(4)14-10-18)23-11-7-6-8-12-23;/h16H,5-15H2,1-4H3,(H2,19,20,21);1H. The van der Waals surface area contributed by atoms with Crippen molar-refractivity contribution in [2.45, 2.75) is 64.0 Å². The van der Waals surface area contributed by atoms with Crippen molar-refractivity contribution >= 4 is 29.9 Å². The first-order chi connectivity index (χ1) is 11.1. The number of piperidine rings is 2. The van der Waals surface area contributed by atoms with E-state index < -0.39 is 0 Å². The Hall–Kier alpha value is -0.0800. The van der Waals surface area contributed by atoms with Crippen molar-refractivity contribution in [3.05, 3.63) is 0 Å². The number of nitrogens with zero attached hydrogens (tertiary/aromatic N) is 3. The third kappa shape index (κ3) is 6.02. The van der Waals surface area contributed by atoms with Crippen LogP contribution in [-0.4, -0.2) is 74.2 Å². The van der Waals surface area contributed by atoms with Crippen molar-refractivity contribution in [1.82, 2.24) is 20.4 Å². The minimum absolute atomic E-state index is 0. The summed E-state index contributed by atoms with van der Waals surface area (Å²) in [6.07, 6.45) is 7.75. The lowest BCUT2D eigenvalue weighted by Gasteiger charge is -2.50. The normalized spacial score (nSPS) is 24.1. The molecule has 5 nitrogen and oxygen atoms in total. The molecule has 0 bridgehead atoms. The van der Waals surface area contributed by atoms with E-state index >= 15 is 0 Å². The van der Waals surface area contributed by atoms with E-state index in [2.05, 4.69) is 46.3 Å². The molecule has 142 valence electrons. The van der Waals surface area contributed by atoms with E-state index in [9.17, 15) is 0 Å². The van der Waals surface area contributed by atoms with Crippen molar-refractivity contribution in [3.63, 3.8) is 0 Å². The molecule has 6 heteroatoms. The van der Waals surface area contributed by atoms with E-state index in [1.807, 2.05) is 7.05 Å². The fourth-order valence-corrected chi connectivity index (χ4v) is 3.79. The first kappa shape index (κ1) is 22.0. The summed E-state index contributed by atoms with van der Waals surface area (Å²) >= 11 is 0. The molecule has 0 amide bonds. The zero-order valence-electron chi connectivity index (χ0n) is 16.1. The van der Waals surface area contributed by atoms with E-state index in [1.165, 1.54) is 58.3 Å². The van der Waals surface area contributed by atoms with Crippen LogP contribution in [0.1, 0.15) is 52.4 Å². The van der Waals surface area contributed by atoms with Crippen LogP contribution in [0.2, 0.25) is 0 Å². The van der Waals surface area contributed by atoms with Crippen LogP contribution >= 0.6 is 24.0 Å². The molecule has 2 heterocycles.